The maximum absolute atomic E-state index is 6.17. The molecule has 0 amide bonds. The minimum Gasteiger partial charge on any atom is -0.324 e. The molecule has 0 radical (unpaired) electrons. The zero-order valence-electron chi connectivity index (χ0n) is 9.87. The van der Waals surface area contributed by atoms with Gasteiger partial charge in [-0.3, -0.25) is 0 Å². The Balaban J connectivity index is 2.12. The number of hydrogen-bond acceptors (Lipinski definition) is 1. The van der Waals surface area contributed by atoms with Crippen LogP contribution in [0.15, 0.2) is 34.9 Å². The average molecular weight is 417 g/mol. The summed E-state index contributed by atoms with van der Waals surface area (Å²) in [6, 6.07) is 8.81. The summed E-state index contributed by atoms with van der Waals surface area (Å²) >= 11 is 5.98. The summed E-state index contributed by atoms with van der Waals surface area (Å²) in [6.07, 6.45) is 5.54. The lowest BCUT2D eigenvalue weighted by Crippen LogP contribution is -2.17. The maximum atomic E-state index is 6.17. The molecule has 1 aliphatic carbocycles. The minimum atomic E-state index is 0.206. The zero-order valence-corrected chi connectivity index (χ0v) is 13.6. The highest BCUT2D eigenvalue weighted by molar-refractivity contribution is 14.1. The van der Waals surface area contributed by atoms with Crippen LogP contribution in [0.1, 0.15) is 30.1 Å². The summed E-state index contributed by atoms with van der Waals surface area (Å²) < 4.78 is 4.64. The van der Waals surface area contributed by atoms with E-state index in [0.29, 0.717) is 0 Å². The molecule has 18 heavy (non-hydrogen) atoms. The molecule has 3 rings (SSSR count). The molecule has 0 fully saturated rings. The highest BCUT2D eigenvalue weighted by atomic mass is 127. The molecular weight excluding hydrogens is 403 g/mol. The molecule has 4 heteroatoms. The highest BCUT2D eigenvalue weighted by Gasteiger charge is 2.21. The molecule has 2 N–H and O–H groups in total. The van der Waals surface area contributed by atoms with E-state index in [4.69, 9.17) is 5.73 Å². The van der Waals surface area contributed by atoms with Crippen LogP contribution in [-0.2, 0) is 6.42 Å². The molecule has 0 aliphatic heterocycles. The number of halogens is 2. The van der Waals surface area contributed by atoms with Gasteiger partial charge in [0, 0.05) is 26.0 Å². The highest BCUT2D eigenvalue weighted by Crippen LogP contribution is 2.33. The molecule has 1 aromatic heterocycles. The van der Waals surface area contributed by atoms with Gasteiger partial charge in [-0.1, -0.05) is 0 Å². The summed E-state index contributed by atoms with van der Waals surface area (Å²) in [5, 5.41) is 0. The predicted molar refractivity (Wildman–Crippen MR) is 86.1 cm³/mol. The Hall–Kier alpha value is -0.330. The SMILES string of the molecule is NC1CCCc2c1ccn2-c1ccc(I)cc1Br. The smallest absolute Gasteiger partial charge is 0.0595 e. The van der Waals surface area contributed by atoms with Crippen molar-refractivity contribution in [3.63, 3.8) is 0 Å². The van der Waals surface area contributed by atoms with E-state index < -0.39 is 0 Å². The van der Waals surface area contributed by atoms with Crippen molar-refractivity contribution in [2.45, 2.75) is 25.3 Å². The quantitative estimate of drug-likeness (QED) is 0.694. The van der Waals surface area contributed by atoms with Crippen LogP contribution in [0.3, 0.4) is 0 Å². The van der Waals surface area contributed by atoms with Crippen molar-refractivity contribution < 1.29 is 0 Å². The van der Waals surface area contributed by atoms with Gasteiger partial charge in [-0.2, -0.15) is 0 Å². The van der Waals surface area contributed by atoms with Crippen LogP contribution in [0, 0.1) is 3.57 Å². The van der Waals surface area contributed by atoms with Crippen molar-refractivity contribution >= 4 is 38.5 Å². The van der Waals surface area contributed by atoms with Crippen molar-refractivity contribution in [1.82, 2.24) is 4.57 Å². The van der Waals surface area contributed by atoms with Gasteiger partial charge in [0.15, 0.2) is 0 Å². The Morgan fingerprint density at radius 1 is 1.33 bits per heavy atom. The molecule has 0 saturated heterocycles. The molecule has 0 saturated carbocycles. The van der Waals surface area contributed by atoms with Crippen molar-refractivity contribution in [2.24, 2.45) is 5.73 Å². The molecule has 1 aliphatic rings. The lowest BCUT2D eigenvalue weighted by molar-refractivity contribution is 0.560. The van der Waals surface area contributed by atoms with Gasteiger partial charge in [-0.15, -0.1) is 0 Å². The maximum Gasteiger partial charge on any atom is 0.0595 e. The fraction of sp³-hybridized carbons (Fsp3) is 0.286. The number of hydrogen-bond donors (Lipinski definition) is 1. The third kappa shape index (κ3) is 2.14. The van der Waals surface area contributed by atoms with Crippen LogP contribution in [0.5, 0.6) is 0 Å². The lowest BCUT2D eigenvalue weighted by atomic mass is 9.93. The standard InChI is InChI=1S/C14H14BrIN2/c15-11-8-9(16)4-5-14(11)18-7-6-10-12(17)2-1-3-13(10)18/h4-8,12H,1-3,17H2. The van der Waals surface area contributed by atoms with E-state index in [0.717, 1.165) is 17.3 Å². The Morgan fingerprint density at radius 2 is 2.17 bits per heavy atom. The van der Waals surface area contributed by atoms with E-state index in [1.807, 2.05) is 0 Å². The summed E-state index contributed by atoms with van der Waals surface area (Å²) in [6.45, 7) is 0. The first-order valence-electron chi connectivity index (χ1n) is 6.08. The number of benzene rings is 1. The van der Waals surface area contributed by atoms with Crippen molar-refractivity contribution in [2.75, 3.05) is 0 Å². The van der Waals surface area contributed by atoms with Gasteiger partial charge >= 0.3 is 0 Å². The molecule has 0 spiro atoms. The topological polar surface area (TPSA) is 30.9 Å². The summed E-state index contributed by atoms with van der Waals surface area (Å²) in [5.74, 6) is 0. The van der Waals surface area contributed by atoms with Gasteiger partial charge in [0.25, 0.3) is 0 Å². The Bertz CT molecular complexity index is 591. The van der Waals surface area contributed by atoms with Crippen LogP contribution in [0.4, 0.5) is 0 Å². The third-order valence-corrected chi connectivity index (χ3v) is 4.83. The number of fused-ring (bicyclic) bond motifs is 1. The molecular formula is C14H14BrIN2. The van der Waals surface area contributed by atoms with Gasteiger partial charge in [0.05, 0.1) is 5.69 Å². The fourth-order valence-electron chi connectivity index (χ4n) is 2.63. The summed E-state index contributed by atoms with van der Waals surface area (Å²) in [7, 11) is 0. The zero-order chi connectivity index (χ0) is 12.7. The fourth-order valence-corrected chi connectivity index (χ4v) is 4.12. The first kappa shape index (κ1) is 12.7. The van der Waals surface area contributed by atoms with Crippen LogP contribution >= 0.6 is 38.5 Å². The van der Waals surface area contributed by atoms with E-state index in [9.17, 15) is 0 Å². The summed E-state index contributed by atoms with van der Waals surface area (Å²) in [5.41, 5.74) is 10.1. The largest absolute Gasteiger partial charge is 0.324 e. The van der Waals surface area contributed by atoms with E-state index in [-0.39, 0.29) is 6.04 Å². The number of aromatic nitrogens is 1. The molecule has 1 atom stereocenters. The molecule has 1 heterocycles. The number of rotatable bonds is 1. The van der Waals surface area contributed by atoms with Crippen molar-refractivity contribution in [3.8, 4) is 5.69 Å². The molecule has 1 aromatic carbocycles. The Kier molecular flexibility index (Phi) is 3.51. The van der Waals surface area contributed by atoms with Gasteiger partial charge in [-0.25, -0.2) is 0 Å². The predicted octanol–water partition coefficient (Wildman–Crippen LogP) is 4.18. The van der Waals surface area contributed by atoms with E-state index in [2.05, 4.69) is 73.6 Å². The lowest BCUT2D eigenvalue weighted by Gasteiger charge is -2.21. The molecule has 2 nitrogen and oxygen atoms in total. The second kappa shape index (κ2) is 4.98. The Morgan fingerprint density at radius 3 is 2.94 bits per heavy atom. The second-order valence-electron chi connectivity index (χ2n) is 4.68. The van der Waals surface area contributed by atoms with Crippen molar-refractivity contribution in [3.05, 3.63) is 49.8 Å². The minimum absolute atomic E-state index is 0.206. The molecule has 2 aromatic rings. The second-order valence-corrected chi connectivity index (χ2v) is 6.78. The number of nitrogens with two attached hydrogens (primary N) is 1. The van der Waals surface area contributed by atoms with Gasteiger partial charge in [0.2, 0.25) is 0 Å². The monoisotopic (exact) mass is 416 g/mol. The first-order chi connectivity index (χ1) is 8.66. The average Bonchev–Trinajstić information content (AvgIpc) is 2.74. The van der Waals surface area contributed by atoms with Gasteiger partial charge < -0.3 is 10.3 Å². The molecule has 0 bridgehead atoms. The Labute approximate surface area is 129 Å². The number of nitrogens with zero attached hydrogens (tertiary/aromatic N) is 1. The third-order valence-electron chi connectivity index (χ3n) is 3.52. The van der Waals surface area contributed by atoms with Crippen LogP contribution < -0.4 is 5.73 Å². The molecule has 94 valence electrons. The summed E-state index contributed by atoms with van der Waals surface area (Å²) in [4.78, 5) is 0. The van der Waals surface area contributed by atoms with E-state index in [1.54, 1.807) is 0 Å². The normalized spacial score (nSPS) is 18.7. The first-order valence-corrected chi connectivity index (χ1v) is 7.95. The van der Waals surface area contributed by atoms with Crippen LogP contribution in [0.25, 0.3) is 5.69 Å². The van der Waals surface area contributed by atoms with E-state index >= 15 is 0 Å². The van der Waals surface area contributed by atoms with Crippen LogP contribution in [-0.4, -0.2) is 4.57 Å². The molecule has 1 unspecified atom stereocenters. The van der Waals surface area contributed by atoms with Gasteiger partial charge in [-0.05, 0) is 87.6 Å². The van der Waals surface area contributed by atoms with E-state index in [1.165, 1.54) is 26.9 Å². The van der Waals surface area contributed by atoms with Crippen molar-refractivity contribution in [1.29, 1.82) is 0 Å². The van der Waals surface area contributed by atoms with Crippen LogP contribution in [0.2, 0.25) is 0 Å². The van der Waals surface area contributed by atoms with Gasteiger partial charge in [0.1, 0.15) is 0 Å².